The standard InChI is InChI=1S/C20H21ClFN3O2/c21-16-5-3-4-15(12-16)14-24-8-10-25(11-9-24)19(26)13-23-20(27)17-6-1-2-7-18(17)22/h1-7,12H,8-11,13-14H2,(H,23,27). The maximum absolute atomic E-state index is 13.6. The number of rotatable bonds is 5. The van der Waals surface area contributed by atoms with E-state index >= 15 is 0 Å². The average Bonchev–Trinajstić information content (AvgIpc) is 2.67. The Labute approximate surface area is 162 Å². The molecule has 2 amide bonds. The van der Waals surface area contributed by atoms with Gasteiger partial charge in [0.25, 0.3) is 5.91 Å². The van der Waals surface area contributed by atoms with Crippen molar-refractivity contribution in [2.75, 3.05) is 32.7 Å². The second-order valence-electron chi connectivity index (χ2n) is 6.45. The summed E-state index contributed by atoms with van der Waals surface area (Å²) in [6.45, 7) is 3.33. The number of benzene rings is 2. The van der Waals surface area contributed by atoms with E-state index in [-0.39, 0.29) is 18.0 Å². The van der Waals surface area contributed by atoms with Crippen molar-refractivity contribution in [2.24, 2.45) is 0 Å². The summed E-state index contributed by atoms with van der Waals surface area (Å²) in [5, 5.41) is 3.21. The molecular formula is C20H21ClFN3O2. The first-order chi connectivity index (χ1) is 13.0. The fraction of sp³-hybridized carbons (Fsp3) is 0.300. The van der Waals surface area contributed by atoms with Gasteiger partial charge in [0.05, 0.1) is 12.1 Å². The van der Waals surface area contributed by atoms with Gasteiger partial charge in [0.1, 0.15) is 5.82 Å². The molecule has 1 heterocycles. The van der Waals surface area contributed by atoms with Crippen molar-refractivity contribution in [3.8, 4) is 0 Å². The largest absolute Gasteiger partial charge is 0.343 e. The molecule has 0 atom stereocenters. The molecule has 0 unspecified atom stereocenters. The van der Waals surface area contributed by atoms with Crippen molar-refractivity contribution in [2.45, 2.75) is 6.54 Å². The van der Waals surface area contributed by atoms with Crippen LogP contribution in [0.25, 0.3) is 0 Å². The average molecular weight is 390 g/mol. The van der Waals surface area contributed by atoms with Crippen LogP contribution in [0.1, 0.15) is 15.9 Å². The predicted octanol–water partition coefficient (Wildman–Crippen LogP) is 2.55. The molecule has 1 aliphatic heterocycles. The van der Waals surface area contributed by atoms with Gasteiger partial charge in [-0.05, 0) is 29.8 Å². The summed E-state index contributed by atoms with van der Waals surface area (Å²) in [6, 6.07) is 13.4. The molecule has 1 saturated heterocycles. The van der Waals surface area contributed by atoms with Gasteiger partial charge in [-0.25, -0.2) is 4.39 Å². The molecule has 1 fully saturated rings. The number of nitrogens with zero attached hydrogens (tertiary/aromatic N) is 2. The number of carbonyl (C=O) groups excluding carboxylic acids is 2. The first-order valence-corrected chi connectivity index (χ1v) is 9.18. The first kappa shape index (κ1) is 19.3. The molecule has 3 rings (SSSR count). The highest BCUT2D eigenvalue weighted by Crippen LogP contribution is 2.14. The van der Waals surface area contributed by atoms with Crippen molar-refractivity contribution in [3.05, 3.63) is 70.5 Å². The van der Waals surface area contributed by atoms with E-state index in [9.17, 15) is 14.0 Å². The molecular weight excluding hydrogens is 369 g/mol. The van der Waals surface area contributed by atoms with Crippen molar-refractivity contribution in [3.63, 3.8) is 0 Å². The third-order valence-electron chi connectivity index (χ3n) is 4.54. The zero-order chi connectivity index (χ0) is 19.2. The molecule has 0 aliphatic carbocycles. The zero-order valence-electron chi connectivity index (χ0n) is 14.8. The highest BCUT2D eigenvalue weighted by Gasteiger charge is 2.22. The predicted molar refractivity (Wildman–Crippen MR) is 102 cm³/mol. The topological polar surface area (TPSA) is 52.7 Å². The maximum atomic E-state index is 13.6. The Morgan fingerprint density at radius 2 is 1.78 bits per heavy atom. The van der Waals surface area contributed by atoms with Gasteiger partial charge in [-0.3, -0.25) is 14.5 Å². The Morgan fingerprint density at radius 3 is 2.48 bits per heavy atom. The van der Waals surface area contributed by atoms with E-state index in [1.165, 1.54) is 18.2 Å². The molecule has 0 spiro atoms. The maximum Gasteiger partial charge on any atom is 0.254 e. The van der Waals surface area contributed by atoms with E-state index in [1.807, 2.05) is 24.3 Å². The monoisotopic (exact) mass is 389 g/mol. The molecule has 142 valence electrons. The third-order valence-corrected chi connectivity index (χ3v) is 4.77. The Balaban J connectivity index is 1.44. The van der Waals surface area contributed by atoms with Gasteiger partial charge in [-0.1, -0.05) is 35.9 Å². The third kappa shape index (κ3) is 5.28. The summed E-state index contributed by atoms with van der Waals surface area (Å²) in [7, 11) is 0. The number of hydrogen-bond acceptors (Lipinski definition) is 3. The van der Waals surface area contributed by atoms with E-state index in [0.29, 0.717) is 18.1 Å². The summed E-state index contributed by atoms with van der Waals surface area (Å²) in [5.74, 6) is -1.35. The minimum absolute atomic E-state index is 0.0587. The zero-order valence-corrected chi connectivity index (χ0v) is 15.6. The van der Waals surface area contributed by atoms with Crippen LogP contribution < -0.4 is 5.32 Å². The second kappa shape index (κ2) is 8.97. The van der Waals surface area contributed by atoms with Crippen molar-refractivity contribution >= 4 is 23.4 Å². The van der Waals surface area contributed by atoms with Gasteiger partial charge >= 0.3 is 0 Å². The van der Waals surface area contributed by atoms with Crippen LogP contribution in [0.3, 0.4) is 0 Å². The molecule has 2 aromatic carbocycles. The molecule has 1 N–H and O–H groups in total. The quantitative estimate of drug-likeness (QED) is 0.855. The van der Waals surface area contributed by atoms with Crippen LogP contribution in [0.4, 0.5) is 4.39 Å². The van der Waals surface area contributed by atoms with Crippen LogP contribution in [0, 0.1) is 5.82 Å². The highest BCUT2D eigenvalue weighted by atomic mass is 35.5. The van der Waals surface area contributed by atoms with Gasteiger partial charge in [-0.15, -0.1) is 0 Å². The van der Waals surface area contributed by atoms with E-state index in [0.717, 1.165) is 25.2 Å². The summed E-state index contributed by atoms with van der Waals surface area (Å²) in [4.78, 5) is 28.3. The van der Waals surface area contributed by atoms with E-state index in [1.54, 1.807) is 11.0 Å². The Kier molecular flexibility index (Phi) is 6.42. The summed E-state index contributed by atoms with van der Waals surface area (Å²) in [5.41, 5.74) is 1.08. The lowest BCUT2D eigenvalue weighted by atomic mass is 10.2. The minimum Gasteiger partial charge on any atom is -0.343 e. The van der Waals surface area contributed by atoms with Crippen molar-refractivity contribution in [1.29, 1.82) is 0 Å². The summed E-state index contributed by atoms with van der Waals surface area (Å²) >= 11 is 6.01. The molecule has 1 aliphatic rings. The van der Waals surface area contributed by atoms with Gasteiger partial charge in [0, 0.05) is 37.7 Å². The molecule has 0 saturated carbocycles. The number of piperazine rings is 1. The number of hydrogen-bond donors (Lipinski definition) is 1. The van der Waals surface area contributed by atoms with Gasteiger partial charge in [0.2, 0.25) is 5.91 Å². The normalized spacial score (nSPS) is 14.8. The minimum atomic E-state index is -0.600. The molecule has 7 heteroatoms. The van der Waals surface area contributed by atoms with Crippen molar-refractivity contribution < 1.29 is 14.0 Å². The Hall–Kier alpha value is -2.44. The Morgan fingerprint density at radius 1 is 1.04 bits per heavy atom. The van der Waals surface area contributed by atoms with Gasteiger partial charge in [0.15, 0.2) is 0 Å². The van der Waals surface area contributed by atoms with Gasteiger partial charge < -0.3 is 10.2 Å². The number of halogens is 2. The molecule has 27 heavy (non-hydrogen) atoms. The van der Waals surface area contributed by atoms with Crippen LogP contribution in [0.5, 0.6) is 0 Å². The number of carbonyl (C=O) groups is 2. The number of amides is 2. The van der Waals surface area contributed by atoms with E-state index in [4.69, 9.17) is 11.6 Å². The van der Waals surface area contributed by atoms with Gasteiger partial charge in [-0.2, -0.15) is 0 Å². The fourth-order valence-electron chi connectivity index (χ4n) is 3.06. The lowest BCUT2D eigenvalue weighted by molar-refractivity contribution is -0.131. The van der Waals surface area contributed by atoms with Crippen LogP contribution in [-0.2, 0) is 11.3 Å². The fourth-order valence-corrected chi connectivity index (χ4v) is 3.27. The van der Waals surface area contributed by atoms with Crippen LogP contribution in [0.15, 0.2) is 48.5 Å². The van der Waals surface area contributed by atoms with E-state index < -0.39 is 11.7 Å². The Bertz CT molecular complexity index is 822. The highest BCUT2D eigenvalue weighted by molar-refractivity contribution is 6.30. The van der Waals surface area contributed by atoms with Crippen LogP contribution in [0.2, 0.25) is 5.02 Å². The van der Waals surface area contributed by atoms with Crippen molar-refractivity contribution in [1.82, 2.24) is 15.1 Å². The second-order valence-corrected chi connectivity index (χ2v) is 6.89. The SMILES string of the molecule is O=C(NCC(=O)N1CCN(Cc2cccc(Cl)c2)CC1)c1ccccc1F. The lowest BCUT2D eigenvalue weighted by Crippen LogP contribution is -2.50. The molecule has 2 aromatic rings. The first-order valence-electron chi connectivity index (χ1n) is 8.80. The van der Waals surface area contributed by atoms with Crippen LogP contribution >= 0.6 is 11.6 Å². The number of nitrogens with one attached hydrogen (secondary N) is 1. The van der Waals surface area contributed by atoms with Crippen LogP contribution in [-0.4, -0.2) is 54.3 Å². The van der Waals surface area contributed by atoms with E-state index in [2.05, 4.69) is 10.2 Å². The molecule has 0 aromatic heterocycles. The molecule has 0 radical (unpaired) electrons. The lowest BCUT2D eigenvalue weighted by Gasteiger charge is -2.34. The summed E-state index contributed by atoms with van der Waals surface area (Å²) < 4.78 is 13.6. The molecule has 0 bridgehead atoms. The molecule has 5 nitrogen and oxygen atoms in total. The summed E-state index contributed by atoms with van der Waals surface area (Å²) in [6.07, 6.45) is 0. The smallest absolute Gasteiger partial charge is 0.254 e.